The lowest BCUT2D eigenvalue weighted by atomic mass is 9.68. The summed E-state index contributed by atoms with van der Waals surface area (Å²) in [6, 6.07) is 61.8. The lowest BCUT2D eigenvalue weighted by Gasteiger charge is -2.34. The molecule has 2 aliphatic carbocycles. The molecule has 0 aliphatic heterocycles. The first kappa shape index (κ1) is 28.8. The topological polar surface area (TPSA) is 3.24 Å². The Balaban J connectivity index is 1.28. The number of halogens is 1. The van der Waals surface area contributed by atoms with Crippen molar-refractivity contribution in [1.29, 1.82) is 0 Å². The number of hydrogen-bond donors (Lipinski definition) is 0. The van der Waals surface area contributed by atoms with Gasteiger partial charge in [0.05, 0.1) is 5.41 Å². The summed E-state index contributed by atoms with van der Waals surface area (Å²) in [7, 11) is 0. The molecule has 0 saturated heterocycles. The molecule has 0 amide bonds. The molecule has 0 N–H and O–H groups in total. The van der Waals surface area contributed by atoms with Crippen LogP contribution >= 0.6 is 11.6 Å². The van der Waals surface area contributed by atoms with Crippen molar-refractivity contribution < 1.29 is 0 Å². The fourth-order valence-corrected chi connectivity index (χ4v) is 8.65. The maximum absolute atomic E-state index is 6.67. The molecule has 0 spiro atoms. The third-order valence-corrected chi connectivity index (χ3v) is 10.8. The highest BCUT2D eigenvalue weighted by Crippen LogP contribution is 2.57. The molecule has 2 heteroatoms. The van der Waals surface area contributed by atoms with Crippen LogP contribution in [0.3, 0.4) is 0 Å². The summed E-state index contributed by atoms with van der Waals surface area (Å²) in [6.07, 6.45) is 0. The standard InChI is InChI=1S/C46H34ClN/c1-45(2)41-22-11-9-20-37(41)39-26-24-36(30-44(39)45)48(34-19-13-18-33(47)28-34)35-25-27-43-40(29-35)38-21-10-12-23-42(38)46(43,31-14-5-3-6-15-31)32-16-7-4-8-17-32/h3-30H,1-2H3. The maximum atomic E-state index is 6.67. The molecule has 9 rings (SSSR count). The monoisotopic (exact) mass is 635 g/mol. The Labute approximate surface area is 287 Å². The van der Waals surface area contributed by atoms with Crippen molar-refractivity contribution in [2.24, 2.45) is 0 Å². The molecular formula is C46H34ClN. The van der Waals surface area contributed by atoms with Gasteiger partial charge in [-0.2, -0.15) is 0 Å². The second-order valence-corrected chi connectivity index (χ2v) is 13.9. The number of hydrogen-bond acceptors (Lipinski definition) is 1. The van der Waals surface area contributed by atoms with Crippen LogP contribution in [0.2, 0.25) is 5.02 Å². The minimum atomic E-state index is -0.433. The Kier molecular flexibility index (Phi) is 6.51. The molecule has 230 valence electrons. The molecular weight excluding hydrogens is 602 g/mol. The van der Waals surface area contributed by atoms with E-state index in [1.54, 1.807) is 0 Å². The van der Waals surface area contributed by atoms with E-state index in [1.807, 2.05) is 12.1 Å². The molecule has 1 nitrogen and oxygen atoms in total. The number of fused-ring (bicyclic) bond motifs is 6. The van der Waals surface area contributed by atoms with E-state index in [4.69, 9.17) is 11.6 Å². The average Bonchev–Trinajstić information content (AvgIpc) is 3.55. The summed E-state index contributed by atoms with van der Waals surface area (Å²) in [5, 5.41) is 0.713. The first-order valence-electron chi connectivity index (χ1n) is 16.6. The van der Waals surface area contributed by atoms with Gasteiger partial charge >= 0.3 is 0 Å². The second-order valence-electron chi connectivity index (χ2n) is 13.5. The quantitative estimate of drug-likeness (QED) is 0.182. The molecule has 0 saturated carbocycles. The molecule has 2 aliphatic rings. The van der Waals surface area contributed by atoms with Gasteiger partial charge in [0.15, 0.2) is 0 Å². The van der Waals surface area contributed by atoms with Gasteiger partial charge in [0.1, 0.15) is 0 Å². The fourth-order valence-electron chi connectivity index (χ4n) is 8.47. The van der Waals surface area contributed by atoms with Crippen molar-refractivity contribution >= 4 is 28.7 Å². The molecule has 0 atom stereocenters. The molecule has 7 aromatic carbocycles. The predicted molar refractivity (Wildman–Crippen MR) is 201 cm³/mol. The van der Waals surface area contributed by atoms with Crippen LogP contribution in [-0.2, 0) is 10.8 Å². The predicted octanol–water partition coefficient (Wildman–Crippen LogP) is 12.5. The summed E-state index contributed by atoms with van der Waals surface area (Å²) in [6.45, 7) is 4.68. The van der Waals surface area contributed by atoms with Crippen molar-refractivity contribution in [2.75, 3.05) is 4.90 Å². The average molecular weight is 636 g/mol. The Hall–Kier alpha value is -5.37. The first-order valence-corrected chi connectivity index (χ1v) is 17.0. The van der Waals surface area contributed by atoms with E-state index in [2.05, 4.69) is 176 Å². The van der Waals surface area contributed by atoms with Crippen LogP contribution in [0.4, 0.5) is 17.1 Å². The number of nitrogens with zero attached hydrogens (tertiary/aromatic N) is 1. The zero-order valence-corrected chi connectivity index (χ0v) is 27.7. The summed E-state index contributed by atoms with van der Waals surface area (Å²) in [5.74, 6) is 0. The SMILES string of the molecule is CC1(C)c2ccccc2-c2ccc(N(c3cccc(Cl)c3)c3ccc4c(c3)-c3ccccc3C4(c3ccccc3)c3ccccc3)cc21. The van der Waals surface area contributed by atoms with E-state index >= 15 is 0 Å². The zero-order valence-electron chi connectivity index (χ0n) is 27.0. The van der Waals surface area contributed by atoms with Crippen molar-refractivity contribution in [3.05, 3.63) is 208 Å². The van der Waals surface area contributed by atoms with Crippen LogP contribution in [0.5, 0.6) is 0 Å². The van der Waals surface area contributed by atoms with E-state index in [9.17, 15) is 0 Å². The Morgan fingerprint density at radius 1 is 0.396 bits per heavy atom. The molecule has 48 heavy (non-hydrogen) atoms. The van der Waals surface area contributed by atoms with Gasteiger partial charge in [-0.1, -0.05) is 153 Å². The number of anilines is 3. The van der Waals surface area contributed by atoms with E-state index in [0.29, 0.717) is 5.02 Å². The molecule has 0 bridgehead atoms. The van der Waals surface area contributed by atoms with E-state index < -0.39 is 5.41 Å². The van der Waals surface area contributed by atoms with Gasteiger partial charge in [0, 0.05) is 27.5 Å². The highest BCUT2D eigenvalue weighted by molar-refractivity contribution is 6.30. The fraction of sp³-hybridized carbons (Fsp3) is 0.0870. The van der Waals surface area contributed by atoms with Crippen LogP contribution in [-0.4, -0.2) is 0 Å². The highest BCUT2D eigenvalue weighted by atomic mass is 35.5. The third kappa shape index (κ3) is 4.11. The van der Waals surface area contributed by atoms with Gasteiger partial charge < -0.3 is 4.90 Å². The smallest absolute Gasteiger partial charge is 0.0713 e. The lowest BCUT2D eigenvalue weighted by Crippen LogP contribution is -2.28. The van der Waals surface area contributed by atoms with Crippen molar-refractivity contribution in [2.45, 2.75) is 24.7 Å². The van der Waals surface area contributed by atoms with Crippen LogP contribution in [0.1, 0.15) is 47.2 Å². The summed E-state index contributed by atoms with van der Waals surface area (Å²) in [4.78, 5) is 2.36. The van der Waals surface area contributed by atoms with Crippen LogP contribution < -0.4 is 4.90 Å². The molecule has 0 fully saturated rings. The summed E-state index contributed by atoms with van der Waals surface area (Å²) < 4.78 is 0. The van der Waals surface area contributed by atoms with Gasteiger partial charge in [0.2, 0.25) is 0 Å². The minimum absolute atomic E-state index is 0.107. The largest absolute Gasteiger partial charge is 0.310 e. The zero-order chi connectivity index (χ0) is 32.5. The molecule has 0 radical (unpaired) electrons. The maximum Gasteiger partial charge on any atom is 0.0713 e. The van der Waals surface area contributed by atoms with Gasteiger partial charge in [0.25, 0.3) is 0 Å². The van der Waals surface area contributed by atoms with Crippen molar-refractivity contribution in [3.63, 3.8) is 0 Å². The minimum Gasteiger partial charge on any atom is -0.310 e. The van der Waals surface area contributed by atoms with Crippen LogP contribution in [0.25, 0.3) is 22.3 Å². The molecule has 7 aromatic rings. The van der Waals surface area contributed by atoms with E-state index in [0.717, 1.165) is 17.1 Å². The summed E-state index contributed by atoms with van der Waals surface area (Å²) >= 11 is 6.67. The van der Waals surface area contributed by atoms with Gasteiger partial charge in [-0.15, -0.1) is 0 Å². The number of benzene rings is 7. The van der Waals surface area contributed by atoms with Crippen molar-refractivity contribution in [3.8, 4) is 22.3 Å². The van der Waals surface area contributed by atoms with Crippen molar-refractivity contribution in [1.82, 2.24) is 0 Å². The van der Waals surface area contributed by atoms with Crippen LogP contribution in [0, 0.1) is 0 Å². The highest BCUT2D eigenvalue weighted by Gasteiger charge is 2.46. The van der Waals surface area contributed by atoms with Crippen LogP contribution in [0.15, 0.2) is 170 Å². The lowest BCUT2D eigenvalue weighted by molar-refractivity contribution is 0.660. The molecule has 0 heterocycles. The molecule has 0 aromatic heterocycles. The first-order chi connectivity index (χ1) is 23.5. The van der Waals surface area contributed by atoms with E-state index in [-0.39, 0.29) is 5.41 Å². The molecule has 0 unspecified atom stereocenters. The third-order valence-electron chi connectivity index (χ3n) is 10.6. The van der Waals surface area contributed by atoms with Gasteiger partial charge in [-0.3, -0.25) is 0 Å². The Morgan fingerprint density at radius 2 is 0.917 bits per heavy atom. The van der Waals surface area contributed by atoms with Gasteiger partial charge in [-0.25, -0.2) is 0 Å². The van der Waals surface area contributed by atoms with Gasteiger partial charge in [-0.05, 0) is 98.1 Å². The Morgan fingerprint density at radius 3 is 1.60 bits per heavy atom. The van der Waals surface area contributed by atoms with E-state index in [1.165, 1.54) is 55.6 Å². The Bertz CT molecular complexity index is 2300. The normalized spacial score (nSPS) is 14.5. The second kappa shape index (κ2) is 10.8. The number of rotatable bonds is 5. The summed E-state index contributed by atoms with van der Waals surface area (Å²) in [5.41, 5.74) is 15.7.